The van der Waals surface area contributed by atoms with E-state index < -0.39 is 17.8 Å². The monoisotopic (exact) mass is 427 g/mol. The molecule has 3 aromatic rings. The number of nitrogens with zero attached hydrogens (tertiary/aromatic N) is 3. The molecule has 2 aromatic carbocycles. The van der Waals surface area contributed by atoms with Gasteiger partial charge in [-0.1, -0.05) is 48.3 Å². The molecule has 2 heterocycles. The molecule has 29 heavy (non-hydrogen) atoms. The summed E-state index contributed by atoms with van der Waals surface area (Å²) in [6, 6.07) is 13.8. The molecule has 8 heteroatoms. The van der Waals surface area contributed by atoms with Gasteiger partial charge in [0.15, 0.2) is 5.82 Å². The van der Waals surface area contributed by atoms with Gasteiger partial charge in [0.25, 0.3) is 11.8 Å². The molecule has 6 nitrogen and oxygen atoms in total. The van der Waals surface area contributed by atoms with Gasteiger partial charge in [0, 0.05) is 39.9 Å². The molecule has 0 saturated carbocycles. The van der Waals surface area contributed by atoms with Crippen LogP contribution >= 0.6 is 23.2 Å². The summed E-state index contributed by atoms with van der Waals surface area (Å²) in [7, 11) is 0. The van der Waals surface area contributed by atoms with Crippen LogP contribution in [0.4, 0.5) is 0 Å². The number of halogens is 2. The number of aromatic nitrogens is 2. The first-order valence-electron chi connectivity index (χ1n) is 8.90. The highest BCUT2D eigenvalue weighted by Gasteiger charge is 2.29. The largest absolute Gasteiger partial charge is 0.432 e. The minimum Gasteiger partial charge on any atom is -0.432 e. The molecule has 0 aliphatic carbocycles. The van der Waals surface area contributed by atoms with Crippen LogP contribution in [0.2, 0.25) is 10.0 Å². The molecule has 146 valence electrons. The third-order valence-electron chi connectivity index (χ3n) is 4.44. The normalized spacial score (nSPS) is 15.0. The van der Waals surface area contributed by atoms with E-state index in [1.165, 1.54) is 6.07 Å². The van der Waals surface area contributed by atoms with E-state index in [4.69, 9.17) is 27.9 Å². The second-order valence-corrected chi connectivity index (χ2v) is 7.15. The van der Waals surface area contributed by atoms with Gasteiger partial charge in [0.2, 0.25) is 0 Å². The fourth-order valence-corrected chi connectivity index (χ4v) is 3.50. The molecule has 0 spiro atoms. The van der Waals surface area contributed by atoms with Crippen molar-refractivity contribution in [3.8, 4) is 5.69 Å². The Bertz CT molecular complexity index is 1200. The first-order valence-corrected chi connectivity index (χ1v) is 9.65. The van der Waals surface area contributed by atoms with E-state index in [2.05, 4.69) is 9.98 Å². The molecule has 0 fully saturated rings. The van der Waals surface area contributed by atoms with Gasteiger partial charge in [0.05, 0.1) is 11.4 Å². The molecule has 1 aliphatic heterocycles. The first-order chi connectivity index (χ1) is 14.0. The average Bonchev–Trinajstić information content (AvgIpc) is 2.83. The van der Waals surface area contributed by atoms with E-state index in [0.717, 1.165) is 0 Å². The van der Waals surface area contributed by atoms with E-state index in [-0.39, 0.29) is 12.2 Å². The van der Waals surface area contributed by atoms with E-state index >= 15 is 0 Å². The summed E-state index contributed by atoms with van der Waals surface area (Å²) in [5, 5.41) is 0.981. The van der Waals surface area contributed by atoms with Crippen molar-refractivity contribution in [3.63, 3.8) is 0 Å². The third kappa shape index (κ3) is 3.69. The Labute approximate surface area is 176 Å². The highest BCUT2D eigenvalue weighted by molar-refractivity contribution is 6.36. The molecule has 1 aromatic heterocycles. The summed E-state index contributed by atoms with van der Waals surface area (Å²) in [6.07, 6.45) is 0.618. The number of rotatable bonds is 3. The lowest BCUT2D eigenvalue weighted by Gasteiger charge is -2.16. The van der Waals surface area contributed by atoms with Crippen LogP contribution in [-0.4, -0.2) is 21.2 Å². The summed E-state index contributed by atoms with van der Waals surface area (Å²) in [5.74, 6) is -0.268. The molecule has 0 N–H and O–H groups in total. The summed E-state index contributed by atoms with van der Waals surface area (Å²) in [5.41, 5.74) is 2.03. The van der Waals surface area contributed by atoms with Gasteiger partial charge in [-0.25, -0.2) is 4.99 Å². The number of ether oxygens (including phenoxy) is 1. The Morgan fingerprint density at radius 2 is 1.93 bits per heavy atom. The second kappa shape index (κ2) is 7.81. The van der Waals surface area contributed by atoms with E-state index in [1.54, 1.807) is 42.0 Å². The van der Waals surface area contributed by atoms with Gasteiger partial charge < -0.3 is 4.74 Å². The minimum atomic E-state index is -1.12. The number of esters is 1. The zero-order valence-electron chi connectivity index (χ0n) is 15.3. The fourth-order valence-electron chi connectivity index (χ4n) is 3.10. The van der Waals surface area contributed by atoms with Crippen LogP contribution in [0.15, 0.2) is 64.5 Å². The molecule has 0 radical (unpaired) electrons. The maximum atomic E-state index is 12.1. The van der Waals surface area contributed by atoms with Crippen LogP contribution in [0.25, 0.3) is 5.69 Å². The van der Waals surface area contributed by atoms with Crippen LogP contribution < -0.4 is 5.56 Å². The number of benzene rings is 2. The molecule has 1 aliphatic rings. The van der Waals surface area contributed by atoms with Crippen LogP contribution in [-0.2, 0) is 9.53 Å². The number of carbonyl (C=O) groups excluding carboxylic acids is 1. The summed E-state index contributed by atoms with van der Waals surface area (Å²) < 4.78 is 7.20. The molecule has 1 atom stereocenters. The molecule has 0 bridgehead atoms. The van der Waals surface area contributed by atoms with Gasteiger partial charge >= 0.3 is 5.97 Å². The predicted octanol–water partition coefficient (Wildman–Crippen LogP) is 4.34. The number of hydrogen-bond donors (Lipinski definition) is 0. The Kier molecular flexibility index (Phi) is 5.22. The van der Waals surface area contributed by atoms with Crippen molar-refractivity contribution >= 4 is 34.9 Å². The standard InChI is InChI=1S/C21H15Cl2N3O3/c1-2-18(28)29-21-20-24-17(27)9-10-26(20)16-8-7-12(22)11-14(16)19(25-21)13-5-3-4-6-15(13)23/h3-11,21H,2H2,1H3. The van der Waals surface area contributed by atoms with E-state index in [0.29, 0.717) is 32.6 Å². The van der Waals surface area contributed by atoms with Crippen LogP contribution in [0, 0.1) is 0 Å². The lowest BCUT2D eigenvalue weighted by molar-refractivity contribution is -0.149. The Balaban J connectivity index is 2.06. The predicted molar refractivity (Wildman–Crippen MR) is 111 cm³/mol. The van der Waals surface area contributed by atoms with Crippen LogP contribution in [0.5, 0.6) is 0 Å². The van der Waals surface area contributed by atoms with Crippen molar-refractivity contribution in [2.24, 2.45) is 4.99 Å². The van der Waals surface area contributed by atoms with Crippen molar-refractivity contribution in [1.82, 2.24) is 9.55 Å². The van der Waals surface area contributed by atoms with Crippen molar-refractivity contribution < 1.29 is 9.53 Å². The maximum Gasteiger partial charge on any atom is 0.307 e. The number of hydrogen-bond acceptors (Lipinski definition) is 5. The number of carbonyl (C=O) groups is 1. The van der Waals surface area contributed by atoms with Gasteiger partial charge in [0.1, 0.15) is 0 Å². The van der Waals surface area contributed by atoms with Crippen LogP contribution in [0.3, 0.4) is 0 Å². The Morgan fingerprint density at radius 1 is 1.14 bits per heavy atom. The van der Waals surface area contributed by atoms with E-state index in [9.17, 15) is 9.59 Å². The van der Waals surface area contributed by atoms with Gasteiger partial charge in [-0.2, -0.15) is 4.98 Å². The van der Waals surface area contributed by atoms with Crippen LogP contribution in [0.1, 0.15) is 36.5 Å². The van der Waals surface area contributed by atoms with Crippen molar-refractivity contribution in [3.05, 3.63) is 92.1 Å². The van der Waals surface area contributed by atoms with Crippen molar-refractivity contribution in [1.29, 1.82) is 0 Å². The quantitative estimate of drug-likeness (QED) is 0.582. The van der Waals surface area contributed by atoms with Crippen molar-refractivity contribution in [2.75, 3.05) is 0 Å². The van der Waals surface area contributed by atoms with E-state index in [1.807, 2.05) is 18.2 Å². The zero-order valence-corrected chi connectivity index (χ0v) is 16.8. The SMILES string of the molecule is CCC(=O)OC1N=C(c2ccccc2Cl)c2cc(Cl)ccc2-n2ccc(=O)nc21. The Hall–Kier alpha value is -2.96. The lowest BCUT2D eigenvalue weighted by Crippen LogP contribution is -2.20. The number of aliphatic imine (C=N–C) groups is 1. The number of fused-ring (bicyclic) bond motifs is 3. The molecule has 1 unspecified atom stereocenters. The molecule has 0 saturated heterocycles. The maximum absolute atomic E-state index is 12.1. The summed E-state index contributed by atoms with van der Waals surface area (Å²) in [4.78, 5) is 32.8. The molecular weight excluding hydrogens is 413 g/mol. The molecule has 0 amide bonds. The van der Waals surface area contributed by atoms with Crippen molar-refractivity contribution in [2.45, 2.75) is 19.6 Å². The summed E-state index contributed by atoms with van der Waals surface area (Å²) in [6.45, 7) is 1.68. The minimum absolute atomic E-state index is 0.156. The van der Waals surface area contributed by atoms with Gasteiger partial charge in [-0.05, 0) is 24.3 Å². The topological polar surface area (TPSA) is 73.5 Å². The Morgan fingerprint density at radius 3 is 2.69 bits per heavy atom. The highest BCUT2D eigenvalue weighted by atomic mass is 35.5. The third-order valence-corrected chi connectivity index (χ3v) is 5.00. The summed E-state index contributed by atoms with van der Waals surface area (Å²) >= 11 is 12.7. The fraction of sp³-hybridized carbons (Fsp3) is 0.143. The highest BCUT2D eigenvalue weighted by Crippen LogP contribution is 2.33. The molecular formula is C21H15Cl2N3O3. The lowest BCUT2D eigenvalue weighted by atomic mass is 10.0. The van der Waals surface area contributed by atoms with Gasteiger partial charge in [-0.15, -0.1) is 0 Å². The smallest absolute Gasteiger partial charge is 0.307 e. The first kappa shape index (κ1) is 19.4. The molecule has 4 rings (SSSR count). The second-order valence-electron chi connectivity index (χ2n) is 6.31. The zero-order chi connectivity index (χ0) is 20.5. The van der Waals surface area contributed by atoms with Gasteiger partial charge in [-0.3, -0.25) is 14.2 Å². The average molecular weight is 428 g/mol.